The van der Waals surface area contributed by atoms with Gasteiger partial charge in [-0.1, -0.05) is 12.1 Å². The topological polar surface area (TPSA) is 66.4 Å². The Balaban J connectivity index is 1.45. The lowest BCUT2D eigenvalue weighted by molar-refractivity contribution is -0.143. The van der Waals surface area contributed by atoms with Gasteiger partial charge in [-0.3, -0.25) is 4.79 Å². The molecule has 4 bridgehead atoms. The summed E-state index contributed by atoms with van der Waals surface area (Å²) >= 11 is 0. The Kier molecular flexibility index (Phi) is 4.05. The van der Waals surface area contributed by atoms with Crippen molar-refractivity contribution in [3.8, 4) is 0 Å². The standard InChI is InChI=1S/C20H24FNO3/c21-16-3-1-15(2-4-16)18(19(24)25)22-17(23)11-20-8-12-5-13(9-20)7-14(6-12)10-20/h1-4,12-14,18H,5-11H2,(H,22,23)(H,24,25)/t12?,13?,14?,18-,20?/m1/s1. The van der Waals surface area contributed by atoms with Gasteiger partial charge in [0.1, 0.15) is 5.82 Å². The zero-order valence-corrected chi connectivity index (χ0v) is 14.2. The van der Waals surface area contributed by atoms with E-state index in [2.05, 4.69) is 5.32 Å². The molecule has 1 aromatic rings. The molecule has 4 aliphatic rings. The van der Waals surface area contributed by atoms with E-state index in [0.717, 1.165) is 37.0 Å². The summed E-state index contributed by atoms with van der Waals surface area (Å²) in [6.45, 7) is 0. The van der Waals surface area contributed by atoms with Crippen LogP contribution in [0.25, 0.3) is 0 Å². The summed E-state index contributed by atoms with van der Waals surface area (Å²) in [7, 11) is 0. The highest BCUT2D eigenvalue weighted by atomic mass is 19.1. The fourth-order valence-corrected chi connectivity index (χ4v) is 6.00. The Bertz CT molecular complexity index is 649. The molecule has 0 heterocycles. The van der Waals surface area contributed by atoms with Crippen molar-refractivity contribution in [2.24, 2.45) is 23.2 Å². The monoisotopic (exact) mass is 345 g/mol. The molecule has 5 heteroatoms. The van der Waals surface area contributed by atoms with Crippen molar-refractivity contribution in [2.45, 2.75) is 51.0 Å². The molecule has 25 heavy (non-hydrogen) atoms. The first-order valence-corrected chi connectivity index (χ1v) is 9.20. The molecule has 0 saturated heterocycles. The number of amides is 1. The lowest BCUT2D eigenvalue weighted by atomic mass is 9.49. The number of aliphatic carboxylic acids is 1. The van der Waals surface area contributed by atoms with E-state index in [-0.39, 0.29) is 11.3 Å². The Morgan fingerprint density at radius 2 is 1.60 bits per heavy atom. The van der Waals surface area contributed by atoms with Gasteiger partial charge in [0.05, 0.1) is 0 Å². The van der Waals surface area contributed by atoms with Crippen molar-refractivity contribution in [1.29, 1.82) is 0 Å². The normalized spacial score (nSPS) is 33.9. The van der Waals surface area contributed by atoms with E-state index in [1.807, 2.05) is 0 Å². The van der Waals surface area contributed by atoms with Crippen molar-refractivity contribution in [2.75, 3.05) is 0 Å². The van der Waals surface area contributed by atoms with E-state index in [0.29, 0.717) is 12.0 Å². The second-order valence-corrected chi connectivity index (χ2v) is 8.48. The molecule has 4 saturated carbocycles. The second kappa shape index (κ2) is 6.11. The van der Waals surface area contributed by atoms with E-state index < -0.39 is 17.8 Å². The third kappa shape index (κ3) is 3.29. The van der Waals surface area contributed by atoms with Gasteiger partial charge >= 0.3 is 5.97 Å². The molecule has 4 fully saturated rings. The van der Waals surface area contributed by atoms with Gasteiger partial charge in [-0.15, -0.1) is 0 Å². The van der Waals surface area contributed by atoms with Crippen LogP contribution in [0.3, 0.4) is 0 Å². The van der Waals surface area contributed by atoms with Crippen LogP contribution in [0.5, 0.6) is 0 Å². The van der Waals surface area contributed by atoms with E-state index in [4.69, 9.17) is 0 Å². The average molecular weight is 345 g/mol. The molecule has 2 N–H and O–H groups in total. The van der Waals surface area contributed by atoms with Crippen LogP contribution in [-0.2, 0) is 9.59 Å². The summed E-state index contributed by atoms with van der Waals surface area (Å²) in [6.07, 6.45) is 7.69. The molecular formula is C20H24FNO3. The number of hydrogen-bond acceptors (Lipinski definition) is 2. The summed E-state index contributed by atoms with van der Waals surface area (Å²) in [5.41, 5.74) is 0.470. The van der Waals surface area contributed by atoms with Crippen molar-refractivity contribution in [3.05, 3.63) is 35.6 Å². The largest absolute Gasteiger partial charge is 0.479 e. The minimum atomic E-state index is -1.12. The number of hydrogen-bond donors (Lipinski definition) is 2. The van der Waals surface area contributed by atoms with Crippen molar-refractivity contribution < 1.29 is 19.1 Å². The van der Waals surface area contributed by atoms with Crippen LogP contribution < -0.4 is 5.32 Å². The summed E-state index contributed by atoms with van der Waals surface area (Å²) in [5, 5.41) is 12.1. The van der Waals surface area contributed by atoms with Crippen LogP contribution in [0.15, 0.2) is 24.3 Å². The molecule has 1 aromatic carbocycles. The zero-order valence-electron chi connectivity index (χ0n) is 14.2. The molecule has 0 aromatic heterocycles. The number of carboxylic acids is 1. The van der Waals surface area contributed by atoms with Crippen LogP contribution in [0.1, 0.15) is 56.6 Å². The fourth-order valence-electron chi connectivity index (χ4n) is 6.00. The number of carbonyl (C=O) groups excluding carboxylic acids is 1. The fraction of sp³-hybridized carbons (Fsp3) is 0.600. The molecule has 0 radical (unpaired) electrons. The predicted octanol–water partition coefficient (Wildman–Crippen LogP) is 3.67. The maximum Gasteiger partial charge on any atom is 0.330 e. The summed E-state index contributed by atoms with van der Waals surface area (Å²) in [4.78, 5) is 24.2. The molecular weight excluding hydrogens is 321 g/mol. The Labute approximate surface area is 146 Å². The maximum absolute atomic E-state index is 13.1. The summed E-state index contributed by atoms with van der Waals surface area (Å²) < 4.78 is 13.1. The van der Waals surface area contributed by atoms with Gasteiger partial charge in [0.15, 0.2) is 6.04 Å². The first-order chi connectivity index (χ1) is 11.9. The smallest absolute Gasteiger partial charge is 0.330 e. The van der Waals surface area contributed by atoms with Gasteiger partial charge in [0.25, 0.3) is 0 Å². The van der Waals surface area contributed by atoms with Crippen LogP contribution >= 0.6 is 0 Å². The van der Waals surface area contributed by atoms with Gasteiger partial charge in [-0.2, -0.15) is 0 Å². The van der Waals surface area contributed by atoms with Crippen LogP contribution in [0.2, 0.25) is 0 Å². The SMILES string of the molecule is O=C(CC12CC3CC(CC(C3)C1)C2)N[C@@H](C(=O)O)c1ccc(F)cc1. The molecule has 134 valence electrons. The minimum Gasteiger partial charge on any atom is -0.479 e. The molecule has 5 rings (SSSR count). The highest BCUT2D eigenvalue weighted by molar-refractivity contribution is 5.84. The van der Waals surface area contributed by atoms with Gasteiger partial charge in [-0.05, 0) is 79.4 Å². The molecule has 1 amide bonds. The molecule has 0 aliphatic heterocycles. The van der Waals surface area contributed by atoms with Crippen LogP contribution in [-0.4, -0.2) is 17.0 Å². The molecule has 4 nitrogen and oxygen atoms in total. The molecule has 0 unspecified atom stereocenters. The third-order valence-electron chi connectivity index (χ3n) is 6.46. The Hall–Kier alpha value is -1.91. The quantitative estimate of drug-likeness (QED) is 0.855. The minimum absolute atomic E-state index is 0.0741. The first-order valence-electron chi connectivity index (χ1n) is 9.20. The maximum atomic E-state index is 13.1. The summed E-state index contributed by atoms with van der Waals surface area (Å²) in [6, 6.07) is 4.15. The zero-order chi connectivity index (χ0) is 17.6. The number of carboxylic acid groups (broad SMARTS) is 1. The molecule has 0 spiro atoms. The lowest BCUT2D eigenvalue weighted by Crippen LogP contribution is -2.48. The van der Waals surface area contributed by atoms with E-state index in [1.54, 1.807) is 0 Å². The van der Waals surface area contributed by atoms with Crippen molar-refractivity contribution in [3.63, 3.8) is 0 Å². The number of benzene rings is 1. The first kappa shape index (κ1) is 16.6. The van der Waals surface area contributed by atoms with E-state index in [1.165, 1.54) is 43.5 Å². The Morgan fingerprint density at radius 1 is 1.08 bits per heavy atom. The predicted molar refractivity (Wildman–Crippen MR) is 90.1 cm³/mol. The van der Waals surface area contributed by atoms with Gasteiger partial charge in [0.2, 0.25) is 5.91 Å². The number of halogens is 1. The average Bonchev–Trinajstić information content (AvgIpc) is 2.51. The number of rotatable bonds is 5. The van der Waals surface area contributed by atoms with Gasteiger partial charge in [0, 0.05) is 6.42 Å². The van der Waals surface area contributed by atoms with Crippen LogP contribution in [0.4, 0.5) is 4.39 Å². The third-order valence-corrected chi connectivity index (χ3v) is 6.46. The van der Waals surface area contributed by atoms with Gasteiger partial charge < -0.3 is 10.4 Å². The molecule has 4 aliphatic carbocycles. The highest BCUT2D eigenvalue weighted by Gasteiger charge is 2.51. The molecule has 1 atom stereocenters. The number of carbonyl (C=O) groups is 2. The van der Waals surface area contributed by atoms with E-state index >= 15 is 0 Å². The Morgan fingerprint density at radius 3 is 2.08 bits per heavy atom. The van der Waals surface area contributed by atoms with Crippen LogP contribution in [0, 0.1) is 29.0 Å². The summed E-state index contributed by atoms with van der Waals surface area (Å²) in [5.74, 6) is 0.529. The van der Waals surface area contributed by atoms with E-state index in [9.17, 15) is 19.1 Å². The second-order valence-electron chi connectivity index (χ2n) is 8.48. The van der Waals surface area contributed by atoms with Crippen molar-refractivity contribution >= 4 is 11.9 Å². The lowest BCUT2D eigenvalue weighted by Gasteiger charge is -2.56. The highest BCUT2D eigenvalue weighted by Crippen LogP contribution is 2.61. The van der Waals surface area contributed by atoms with Crippen molar-refractivity contribution in [1.82, 2.24) is 5.32 Å². The number of nitrogens with one attached hydrogen (secondary N) is 1. The van der Waals surface area contributed by atoms with Gasteiger partial charge in [-0.25, -0.2) is 9.18 Å².